The lowest BCUT2D eigenvalue weighted by molar-refractivity contribution is 0.460. The van der Waals surface area contributed by atoms with Gasteiger partial charge in [-0.25, -0.2) is 0 Å². The van der Waals surface area contributed by atoms with Crippen molar-refractivity contribution in [2.24, 2.45) is 0 Å². The van der Waals surface area contributed by atoms with Gasteiger partial charge in [0.1, 0.15) is 4.90 Å². The molecule has 0 spiro atoms. The number of aryl methyl sites for hydroxylation is 2. The third-order valence-corrected chi connectivity index (χ3v) is 5.88. The van der Waals surface area contributed by atoms with Crippen LogP contribution in [-0.4, -0.2) is 8.42 Å². The lowest BCUT2D eigenvalue weighted by atomic mass is 9.92. The van der Waals surface area contributed by atoms with Gasteiger partial charge in [-0.15, -0.1) is 0 Å². The first-order chi connectivity index (χ1) is 12.5. The van der Waals surface area contributed by atoms with E-state index in [9.17, 15) is 8.42 Å². The van der Waals surface area contributed by atoms with Crippen molar-refractivity contribution < 1.29 is 12.6 Å². The van der Waals surface area contributed by atoms with Crippen LogP contribution in [0.2, 0.25) is 0 Å². The second-order valence-corrected chi connectivity index (χ2v) is 7.92. The minimum atomic E-state index is -3.89. The third kappa shape index (κ3) is 2.72. The van der Waals surface area contributed by atoms with Crippen LogP contribution >= 0.6 is 0 Å². The van der Waals surface area contributed by atoms with Gasteiger partial charge in [0, 0.05) is 16.7 Å². The molecule has 0 unspecified atom stereocenters. The summed E-state index contributed by atoms with van der Waals surface area (Å²) in [6.07, 6.45) is 0. The Bertz CT molecular complexity index is 1110. The van der Waals surface area contributed by atoms with Crippen LogP contribution in [0.5, 0.6) is 0 Å². The van der Waals surface area contributed by atoms with Crippen molar-refractivity contribution in [3.05, 3.63) is 101 Å². The zero-order valence-corrected chi connectivity index (χ0v) is 15.4. The van der Waals surface area contributed by atoms with Crippen molar-refractivity contribution in [3.8, 4) is 0 Å². The molecule has 3 aromatic carbocycles. The van der Waals surface area contributed by atoms with Crippen molar-refractivity contribution in [2.45, 2.75) is 18.7 Å². The minimum Gasteiger partial charge on any atom is -0.378 e. The van der Waals surface area contributed by atoms with Crippen LogP contribution < -0.4 is 0 Å². The summed E-state index contributed by atoms with van der Waals surface area (Å²) in [5, 5.41) is 0. The van der Waals surface area contributed by atoms with Crippen molar-refractivity contribution in [2.75, 3.05) is 0 Å². The van der Waals surface area contributed by atoms with Crippen LogP contribution in [0.25, 0.3) is 11.3 Å². The molecule has 0 saturated carbocycles. The fraction of sp³-hybridized carbons (Fsp3) is 0.0909. The molecule has 0 bridgehead atoms. The van der Waals surface area contributed by atoms with Crippen LogP contribution in [0.3, 0.4) is 0 Å². The molecule has 0 saturated heterocycles. The van der Waals surface area contributed by atoms with Gasteiger partial charge in [-0.3, -0.25) is 0 Å². The second kappa shape index (κ2) is 6.15. The van der Waals surface area contributed by atoms with E-state index in [1.807, 2.05) is 86.6 Å². The van der Waals surface area contributed by atoms with Crippen LogP contribution in [0.15, 0.2) is 77.7 Å². The summed E-state index contributed by atoms with van der Waals surface area (Å²) in [6, 6.07) is 22.9. The summed E-state index contributed by atoms with van der Waals surface area (Å²) in [7, 11) is -3.89. The monoisotopic (exact) mass is 362 g/mol. The van der Waals surface area contributed by atoms with Gasteiger partial charge in [-0.05, 0) is 31.0 Å². The van der Waals surface area contributed by atoms with E-state index >= 15 is 0 Å². The fourth-order valence-corrected chi connectivity index (χ4v) is 4.83. The number of hydrogen-bond donors (Lipinski definition) is 0. The average molecular weight is 362 g/mol. The summed E-state index contributed by atoms with van der Waals surface area (Å²) in [4.78, 5) is 0.252. The van der Waals surface area contributed by atoms with Crippen molar-refractivity contribution >= 4 is 21.5 Å². The van der Waals surface area contributed by atoms with E-state index < -0.39 is 10.1 Å². The Morgan fingerprint density at radius 3 is 1.96 bits per heavy atom. The van der Waals surface area contributed by atoms with Crippen LogP contribution in [-0.2, 0) is 14.3 Å². The molecule has 0 atom stereocenters. The van der Waals surface area contributed by atoms with E-state index in [0.717, 1.165) is 22.3 Å². The topological polar surface area (TPSA) is 43.4 Å². The highest BCUT2D eigenvalue weighted by Crippen LogP contribution is 2.43. The SMILES string of the molecule is Cc1cc(C)c2c(c1)C(c1ccccc1)=C(c1ccccc1)OS2(=O)=O. The van der Waals surface area contributed by atoms with E-state index in [4.69, 9.17) is 4.18 Å². The summed E-state index contributed by atoms with van der Waals surface area (Å²) in [6.45, 7) is 3.78. The standard InChI is InChI=1S/C22H18O3S/c1-15-13-16(2)22-19(14-15)20(17-9-5-3-6-10-17)21(25-26(22,23)24)18-11-7-4-8-12-18/h3-14H,1-2H3. The Kier molecular flexibility index (Phi) is 3.93. The molecule has 0 aromatic heterocycles. The van der Waals surface area contributed by atoms with Gasteiger partial charge in [-0.1, -0.05) is 72.3 Å². The molecule has 0 aliphatic carbocycles. The zero-order valence-electron chi connectivity index (χ0n) is 14.6. The van der Waals surface area contributed by atoms with Gasteiger partial charge in [0.2, 0.25) is 0 Å². The third-order valence-electron chi connectivity index (χ3n) is 4.46. The van der Waals surface area contributed by atoms with E-state index in [-0.39, 0.29) is 4.90 Å². The molecular formula is C22H18O3S. The lowest BCUT2D eigenvalue weighted by Crippen LogP contribution is -2.17. The second-order valence-electron chi connectivity index (χ2n) is 6.43. The summed E-state index contributed by atoms with van der Waals surface area (Å²) >= 11 is 0. The first kappa shape index (κ1) is 16.6. The predicted octanol–water partition coefficient (Wildman–Crippen LogP) is 4.94. The molecule has 3 nitrogen and oxygen atoms in total. The Balaban J connectivity index is 2.15. The van der Waals surface area contributed by atoms with Crippen LogP contribution in [0.1, 0.15) is 27.8 Å². The maximum atomic E-state index is 12.9. The molecule has 0 fully saturated rings. The number of hydrogen-bond acceptors (Lipinski definition) is 3. The quantitative estimate of drug-likeness (QED) is 0.607. The van der Waals surface area contributed by atoms with Gasteiger partial charge in [0.25, 0.3) is 0 Å². The lowest BCUT2D eigenvalue weighted by Gasteiger charge is -2.26. The van der Waals surface area contributed by atoms with Gasteiger partial charge in [-0.2, -0.15) is 8.42 Å². The fourth-order valence-electron chi connectivity index (χ4n) is 3.46. The van der Waals surface area contributed by atoms with Crippen molar-refractivity contribution in [1.82, 2.24) is 0 Å². The summed E-state index contributed by atoms with van der Waals surface area (Å²) in [5.41, 5.74) is 4.86. The van der Waals surface area contributed by atoms with E-state index in [1.165, 1.54) is 0 Å². The number of benzene rings is 3. The average Bonchev–Trinajstić information content (AvgIpc) is 2.61. The summed E-state index contributed by atoms with van der Waals surface area (Å²) in [5.74, 6) is 0.370. The Morgan fingerprint density at radius 2 is 1.35 bits per heavy atom. The smallest absolute Gasteiger partial charge is 0.340 e. The largest absolute Gasteiger partial charge is 0.378 e. The molecule has 1 heterocycles. The minimum absolute atomic E-state index is 0.252. The molecule has 26 heavy (non-hydrogen) atoms. The highest BCUT2D eigenvalue weighted by molar-refractivity contribution is 7.87. The zero-order chi connectivity index (χ0) is 18.3. The Morgan fingerprint density at radius 1 is 0.769 bits per heavy atom. The highest BCUT2D eigenvalue weighted by Gasteiger charge is 2.34. The van der Waals surface area contributed by atoms with Gasteiger partial charge >= 0.3 is 10.1 Å². The number of fused-ring (bicyclic) bond motifs is 1. The molecule has 3 aromatic rings. The van der Waals surface area contributed by atoms with Gasteiger partial charge in [0.15, 0.2) is 5.76 Å². The predicted molar refractivity (Wildman–Crippen MR) is 103 cm³/mol. The van der Waals surface area contributed by atoms with Crippen LogP contribution in [0, 0.1) is 13.8 Å². The van der Waals surface area contributed by atoms with Gasteiger partial charge in [0.05, 0.1) is 0 Å². The van der Waals surface area contributed by atoms with E-state index in [0.29, 0.717) is 16.9 Å². The van der Waals surface area contributed by atoms with E-state index in [2.05, 4.69) is 0 Å². The van der Waals surface area contributed by atoms with Crippen molar-refractivity contribution in [1.29, 1.82) is 0 Å². The maximum absolute atomic E-state index is 12.9. The normalized spacial score (nSPS) is 15.3. The molecule has 4 rings (SSSR count). The molecule has 4 heteroatoms. The van der Waals surface area contributed by atoms with Crippen molar-refractivity contribution in [3.63, 3.8) is 0 Å². The molecule has 130 valence electrons. The molecule has 0 N–H and O–H groups in total. The maximum Gasteiger partial charge on any atom is 0.340 e. The Labute approximate surface area is 153 Å². The first-order valence-corrected chi connectivity index (χ1v) is 9.79. The molecule has 1 aliphatic heterocycles. The van der Waals surface area contributed by atoms with Gasteiger partial charge < -0.3 is 4.18 Å². The highest BCUT2D eigenvalue weighted by atomic mass is 32.2. The molecular weight excluding hydrogens is 344 g/mol. The first-order valence-electron chi connectivity index (χ1n) is 8.38. The van der Waals surface area contributed by atoms with Crippen LogP contribution in [0.4, 0.5) is 0 Å². The Hall–Kier alpha value is -2.85. The molecule has 0 amide bonds. The molecule has 1 aliphatic rings. The number of rotatable bonds is 2. The molecule has 0 radical (unpaired) electrons. The summed E-state index contributed by atoms with van der Waals surface area (Å²) < 4.78 is 31.4. The van der Waals surface area contributed by atoms with E-state index in [1.54, 1.807) is 0 Å².